The first-order valence-corrected chi connectivity index (χ1v) is 4.67. The predicted octanol–water partition coefficient (Wildman–Crippen LogP) is 0.758. The van der Waals surface area contributed by atoms with Crippen molar-refractivity contribution in [2.75, 3.05) is 0 Å². The molecule has 0 unspecified atom stereocenters. The maximum absolute atomic E-state index is 8.45. The molecule has 7 heteroatoms. The highest BCUT2D eigenvalue weighted by atomic mass is 16.5. The number of amidine groups is 1. The Morgan fingerprint density at radius 1 is 1.29 bits per heavy atom. The lowest BCUT2D eigenvalue weighted by Gasteiger charge is -2.03. The lowest BCUT2D eigenvalue weighted by atomic mass is 10.4. The van der Waals surface area contributed by atoms with Crippen LogP contribution in [-0.4, -0.2) is 26.0 Å². The van der Waals surface area contributed by atoms with Gasteiger partial charge < -0.3 is 15.7 Å². The van der Waals surface area contributed by atoms with Crippen LogP contribution in [0.1, 0.15) is 5.69 Å². The first-order chi connectivity index (χ1) is 8.29. The molecule has 3 N–H and O–H groups in total. The van der Waals surface area contributed by atoms with Gasteiger partial charge in [-0.3, -0.25) is 4.98 Å². The smallest absolute Gasteiger partial charge is 0.237 e. The molecule has 0 spiro atoms. The van der Waals surface area contributed by atoms with E-state index < -0.39 is 0 Å². The Morgan fingerprint density at radius 2 is 2.18 bits per heavy atom. The van der Waals surface area contributed by atoms with E-state index >= 15 is 0 Å². The summed E-state index contributed by atoms with van der Waals surface area (Å²) in [5.41, 5.74) is 5.61. The number of oxime groups is 1. The minimum Gasteiger partial charge on any atom is -0.436 e. The van der Waals surface area contributed by atoms with Gasteiger partial charge in [-0.15, -0.1) is 0 Å². The Bertz CT molecular complexity index is 512. The van der Waals surface area contributed by atoms with E-state index in [1.165, 1.54) is 12.4 Å². The molecule has 7 nitrogen and oxygen atoms in total. The van der Waals surface area contributed by atoms with Crippen LogP contribution in [0.4, 0.5) is 0 Å². The zero-order chi connectivity index (χ0) is 12.1. The maximum atomic E-state index is 8.45. The fraction of sp³-hybridized carbons (Fsp3) is 0. The molecule has 2 aromatic heterocycles. The van der Waals surface area contributed by atoms with Crippen LogP contribution in [0.15, 0.2) is 42.1 Å². The topological polar surface area (TPSA) is 107 Å². The van der Waals surface area contributed by atoms with Gasteiger partial charge in [-0.05, 0) is 12.1 Å². The quantitative estimate of drug-likeness (QED) is 0.349. The zero-order valence-corrected chi connectivity index (χ0v) is 8.69. The van der Waals surface area contributed by atoms with Gasteiger partial charge in [0.1, 0.15) is 11.4 Å². The largest absolute Gasteiger partial charge is 0.436 e. The van der Waals surface area contributed by atoms with Crippen molar-refractivity contribution in [2.45, 2.75) is 0 Å². The number of nitrogens with zero attached hydrogens (tertiary/aromatic N) is 4. The van der Waals surface area contributed by atoms with Gasteiger partial charge in [-0.2, -0.15) is 0 Å². The van der Waals surface area contributed by atoms with Gasteiger partial charge in [0.2, 0.25) is 5.88 Å². The number of pyridine rings is 1. The second kappa shape index (κ2) is 4.88. The van der Waals surface area contributed by atoms with E-state index in [0.717, 1.165) is 0 Å². The average Bonchev–Trinajstić information content (AvgIpc) is 2.40. The molecule has 2 aromatic rings. The van der Waals surface area contributed by atoms with Crippen molar-refractivity contribution in [2.24, 2.45) is 10.9 Å². The first kappa shape index (κ1) is 10.8. The van der Waals surface area contributed by atoms with Crippen LogP contribution in [-0.2, 0) is 0 Å². The van der Waals surface area contributed by atoms with Crippen molar-refractivity contribution in [3.05, 3.63) is 42.6 Å². The highest BCUT2D eigenvalue weighted by molar-refractivity contribution is 5.94. The molecule has 0 bridgehead atoms. The minimum absolute atomic E-state index is 0.106. The normalized spacial score (nSPS) is 11.2. The molecule has 2 rings (SSSR count). The van der Waals surface area contributed by atoms with Crippen LogP contribution >= 0.6 is 0 Å². The van der Waals surface area contributed by atoms with E-state index in [0.29, 0.717) is 11.6 Å². The van der Waals surface area contributed by atoms with Crippen molar-refractivity contribution >= 4 is 5.84 Å². The predicted molar refractivity (Wildman–Crippen MR) is 58.9 cm³/mol. The summed E-state index contributed by atoms with van der Waals surface area (Å²) in [7, 11) is 0. The van der Waals surface area contributed by atoms with Crippen LogP contribution in [0.25, 0.3) is 0 Å². The lowest BCUT2D eigenvalue weighted by molar-refractivity contribution is 0.318. The molecule has 0 fully saturated rings. The second-order valence-electron chi connectivity index (χ2n) is 3.02. The van der Waals surface area contributed by atoms with Gasteiger partial charge in [-0.1, -0.05) is 5.16 Å². The Kier molecular flexibility index (Phi) is 3.10. The minimum atomic E-state index is -0.106. The SMILES string of the molecule is NC(=NO)c1cnc(Oc2cccnc2)cn1. The molecule has 0 saturated carbocycles. The van der Waals surface area contributed by atoms with Crippen LogP contribution < -0.4 is 10.5 Å². The molecule has 0 aromatic carbocycles. The van der Waals surface area contributed by atoms with Gasteiger partial charge in [0.05, 0.1) is 18.6 Å². The molecular formula is C10H9N5O2. The van der Waals surface area contributed by atoms with Crippen LogP contribution in [0.2, 0.25) is 0 Å². The summed E-state index contributed by atoms with van der Waals surface area (Å²) in [4.78, 5) is 11.8. The van der Waals surface area contributed by atoms with Crippen LogP contribution in [0, 0.1) is 0 Å². The molecule has 0 aliphatic carbocycles. The van der Waals surface area contributed by atoms with Gasteiger partial charge >= 0.3 is 0 Å². The molecular weight excluding hydrogens is 222 g/mol. The lowest BCUT2D eigenvalue weighted by Crippen LogP contribution is -2.15. The molecule has 0 aliphatic heterocycles. The van der Waals surface area contributed by atoms with Crippen molar-refractivity contribution in [3.63, 3.8) is 0 Å². The van der Waals surface area contributed by atoms with Crippen molar-refractivity contribution < 1.29 is 9.94 Å². The monoisotopic (exact) mass is 231 g/mol. The maximum Gasteiger partial charge on any atom is 0.237 e. The third kappa shape index (κ3) is 2.65. The van der Waals surface area contributed by atoms with Crippen LogP contribution in [0.5, 0.6) is 11.6 Å². The number of hydrogen-bond acceptors (Lipinski definition) is 6. The fourth-order valence-electron chi connectivity index (χ4n) is 1.08. The fourth-order valence-corrected chi connectivity index (χ4v) is 1.08. The highest BCUT2D eigenvalue weighted by Gasteiger charge is 2.03. The molecule has 2 heterocycles. The van der Waals surface area contributed by atoms with Gasteiger partial charge in [0.15, 0.2) is 5.84 Å². The molecule has 0 aliphatic rings. The standard InChI is InChI=1S/C10H9N5O2/c11-10(15-16)8-5-14-9(6-13-8)17-7-2-1-3-12-4-7/h1-6,16H,(H2,11,15). The first-order valence-electron chi connectivity index (χ1n) is 4.67. The van der Waals surface area contributed by atoms with Gasteiger partial charge in [0, 0.05) is 6.20 Å². The Balaban J connectivity index is 2.14. The number of nitrogens with two attached hydrogens (primary N) is 1. The van der Waals surface area contributed by atoms with Gasteiger partial charge in [0.25, 0.3) is 0 Å². The molecule has 86 valence electrons. The molecule has 0 amide bonds. The summed E-state index contributed by atoms with van der Waals surface area (Å²) in [5, 5.41) is 11.3. The molecule has 0 radical (unpaired) electrons. The van der Waals surface area contributed by atoms with E-state index in [1.807, 2.05) is 0 Å². The number of aromatic nitrogens is 3. The zero-order valence-electron chi connectivity index (χ0n) is 8.69. The summed E-state index contributed by atoms with van der Waals surface area (Å²) in [6.07, 6.45) is 5.92. The van der Waals surface area contributed by atoms with E-state index in [4.69, 9.17) is 15.7 Å². The van der Waals surface area contributed by atoms with E-state index in [9.17, 15) is 0 Å². The van der Waals surface area contributed by atoms with Crippen molar-refractivity contribution in [1.29, 1.82) is 0 Å². The van der Waals surface area contributed by atoms with E-state index in [2.05, 4.69) is 20.1 Å². The summed E-state index contributed by atoms with van der Waals surface area (Å²) in [5.74, 6) is 0.747. The summed E-state index contributed by atoms with van der Waals surface area (Å²) in [6, 6.07) is 3.49. The number of ether oxygens (including phenoxy) is 1. The Labute approximate surface area is 96.6 Å². The Morgan fingerprint density at radius 3 is 2.76 bits per heavy atom. The third-order valence-corrected chi connectivity index (χ3v) is 1.86. The summed E-state index contributed by atoms with van der Waals surface area (Å²) < 4.78 is 5.37. The molecule has 17 heavy (non-hydrogen) atoms. The van der Waals surface area contributed by atoms with E-state index in [-0.39, 0.29) is 11.5 Å². The molecule has 0 saturated heterocycles. The van der Waals surface area contributed by atoms with E-state index in [1.54, 1.807) is 24.5 Å². The average molecular weight is 231 g/mol. The third-order valence-electron chi connectivity index (χ3n) is 1.86. The van der Waals surface area contributed by atoms with Crippen molar-refractivity contribution in [1.82, 2.24) is 15.0 Å². The van der Waals surface area contributed by atoms with Crippen molar-refractivity contribution in [3.8, 4) is 11.6 Å². The highest BCUT2D eigenvalue weighted by Crippen LogP contribution is 2.16. The summed E-state index contributed by atoms with van der Waals surface area (Å²) in [6.45, 7) is 0. The number of hydrogen-bond donors (Lipinski definition) is 2. The molecule has 0 atom stereocenters. The Hall–Kier alpha value is -2.70. The second-order valence-corrected chi connectivity index (χ2v) is 3.02. The number of rotatable bonds is 3. The van der Waals surface area contributed by atoms with Gasteiger partial charge in [-0.25, -0.2) is 9.97 Å². The summed E-state index contributed by atoms with van der Waals surface area (Å²) >= 11 is 0. The van der Waals surface area contributed by atoms with Crippen LogP contribution in [0.3, 0.4) is 0 Å².